The molecule has 26 heavy (non-hydrogen) atoms. The van der Waals surface area contributed by atoms with Crippen LogP contribution in [0.4, 0.5) is 19.0 Å². The first-order valence-corrected chi connectivity index (χ1v) is 8.00. The Kier molecular flexibility index (Phi) is 4.93. The van der Waals surface area contributed by atoms with Gasteiger partial charge in [0.05, 0.1) is 11.4 Å². The van der Waals surface area contributed by atoms with E-state index < -0.39 is 12.1 Å². The van der Waals surface area contributed by atoms with Crippen LogP contribution in [0.5, 0.6) is 0 Å². The molecule has 1 aromatic heterocycles. The fraction of sp³-hybridized carbons (Fsp3) is 0.0588. The van der Waals surface area contributed by atoms with Crippen molar-refractivity contribution in [1.82, 2.24) is 9.78 Å². The maximum absolute atomic E-state index is 12.5. The Morgan fingerprint density at radius 1 is 0.962 bits per heavy atom. The molecule has 0 saturated carbocycles. The second-order valence-electron chi connectivity index (χ2n) is 5.26. The van der Waals surface area contributed by atoms with E-state index in [1.807, 2.05) is 0 Å². The Hall–Kier alpha value is -2.51. The van der Waals surface area contributed by atoms with Gasteiger partial charge in [0.1, 0.15) is 0 Å². The Bertz CT molecular complexity index is 872. The molecule has 134 valence electrons. The molecule has 0 spiro atoms. The summed E-state index contributed by atoms with van der Waals surface area (Å²) in [7, 11) is 0. The van der Waals surface area contributed by atoms with Gasteiger partial charge in [-0.25, -0.2) is 4.68 Å². The van der Waals surface area contributed by atoms with Crippen molar-refractivity contribution in [2.75, 3.05) is 5.32 Å². The highest BCUT2D eigenvalue weighted by Gasteiger charge is 2.39. The van der Waals surface area contributed by atoms with E-state index in [1.54, 1.807) is 53.8 Å². The molecule has 0 atom stereocenters. The molecule has 4 nitrogen and oxygen atoms in total. The summed E-state index contributed by atoms with van der Waals surface area (Å²) in [5.74, 6) is -2.33. The lowest BCUT2D eigenvalue weighted by Crippen LogP contribution is -2.30. The van der Waals surface area contributed by atoms with Gasteiger partial charge in [-0.3, -0.25) is 4.79 Å². The summed E-state index contributed by atoms with van der Waals surface area (Å²) in [5, 5.41) is 6.84. The highest BCUT2D eigenvalue weighted by atomic mass is 35.5. The summed E-state index contributed by atoms with van der Waals surface area (Å²) in [6.07, 6.45) is -5.01. The van der Waals surface area contributed by atoms with E-state index in [0.29, 0.717) is 27.0 Å². The van der Waals surface area contributed by atoms with Crippen molar-refractivity contribution in [3.63, 3.8) is 0 Å². The third kappa shape index (κ3) is 4.00. The number of halogens is 5. The molecule has 0 aliphatic carbocycles. The summed E-state index contributed by atoms with van der Waals surface area (Å²) >= 11 is 11.7. The molecule has 1 amide bonds. The molecule has 1 N–H and O–H groups in total. The smallest absolute Gasteiger partial charge is 0.301 e. The number of amides is 1. The SMILES string of the molecule is O=C(Nc1cc(-c2ccc(Cl)cc2)n(-c2ccc(Cl)cc2)n1)C(F)(F)F. The molecule has 0 aliphatic heterocycles. The minimum atomic E-state index is -5.01. The van der Waals surface area contributed by atoms with Crippen LogP contribution < -0.4 is 5.32 Å². The number of alkyl halides is 3. The molecule has 1 heterocycles. The van der Waals surface area contributed by atoms with Crippen LogP contribution in [-0.2, 0) is 4.79 Å². The van der Waals surface area contributed by atoms with Crippen LogP contribution >= 0.6 is 23.2 Å². The number of hydrogen-bond acceptors (Lipinski definition) is 2. The van der Waals surface area contributed by atoms with Gasteiger partial charge in [0, 0.05) is 21.7 Å². The first-order valence-electron chi connectivity index (χ1n) is 7.24. The minimum absolute atomic E-state index is 0.229. The largest absolute Gasteiger partial charge is 0.471 e. The molecule has 0 radical (unpaired) electrons. The lowest BCUT2D eigenvalue weighted by molar-refractivity contribution is -0.167. The monoisotopic (exact) mass is 399 g/mol. The first kappa shape index (κ1) is 18.3. The number of nitrogens with zero attached hydrogens (tertiary/aromatic N) is 2. The number of nitrogens with one attached hydrogen (secondary N) is 1. The fourth-order valence-corrected chi connectivity index (χ4v) is 2.49. The average molecular weight is 400 g/mol. The van der Waals surface area contributed by atoms with Gasteiger partial charge in [-0.2, -0.15) is 13.2 Å². The number of carbonyl (C=O) groups excluding carboxylic acids is 1. The van der Waals surface area contributed by atoms with E-state index in [-0.39, 0.29) is 5.82 Å². The molecule has 0 bridgehead atoms. The zero-order valence-corrected chi connectivity index (χ0v) is 14.4. The Morgan fingerprint density at radius 3 is 2.04 bits per heavy atom. The summed E-state index contributed by atoms with van der Waals surface area (Å²) in [5.41, 5.74) is 1.69. The minimum Gasteiger partial charge on any atom is -0.301 e. The molecule has 0 fully saturated rings. The van der Waals surface area contributed by atoms with E-state index in [9.17, 15) is 18.0 Å². The van der Waals surface area contributed by atoms with E-state index in [0.717, 1.165) is 0 Å². The zero-order chi connectivity index (χ0) is 18.9. The number of rotatable bonds is 3. The lowest BCUT2D eigenvalue weighted by Gasteiger charge is -2.08. The predicted molar refractivity (Wildman–Crippen MR) is 93.7 cm³/mol. The zero-order valence-electron chi connectivity index (χ0n) is 12.9. The topological polar surface area (TPSA) is 46.9 Å². The standard InChI is InChI=1S/C17H10Cl2F3N3O/c18-11-3-1-10(2-4-11)14-9-15(23-16(26)17(20,21)22)24-25(14)13-7-5-12(19)6-8-13/h1-9H,(H,23,24,26). The molecular weight excluding hydrogens is 390 g/mol. The fourth-order valence-electron chi connectivity index (χ4n) is 2.23. The highest BCUT2D eigenvalue weighted by Crippen LogP contribution is 2.28. The third-order valence-corrected chi connectivity index (χ3v) is 3.92. The van der Waals surface area contributed by atoms with Crippen molar-refractivity contribution in [3.8, 4) is 16.9 Å². The maximum Gasteiger partial charge on any atom is 0.471 e. The van der Waals surface area contributed by atoms with Crippen LogP contribution in [-0.4, -0.2) is 21.9 Å². The van der Waals surface area contributed by atoms with Gasteiger partial charge >= 0.3 is 12.1 Å². The number of hydrogen-bond donors (Lipinski definition) is 1. The van der Waals surface area contributed by atoms with E-state index in [4.69, 9.17) is 23.2 Å². The van der Waals surface area contributed by atoms with Crippen molar-refractivity contribution in [3.05, 3.63) is 64.6 Å². The summed E-state index contributed by atoms with van der Waals surface area (Å²) in [6.45, 7) is 0. The molecule has 3 rings (SSSR count). The molecule has 0 unspecified atom stereocenters. The summed E-state index contributed by atoms with van der Waals surface area (Å²) in [4.78, 5) is 11.2. The van der Waals surface area contributed by atoms with Gasteiger partial charge in [0.2, 0.25) is 0 Å². The predicted octanol–water partition coefficient (Wildman–Crippen LogP) is 5.35. The summed E-state index contributed by atoms with van der Waals surface area (Å²) < 4.78 is 38.9. The first-order chi connectivity index (χ1) is 12.2. The highest BCUT2D eigenvalue weighted by molar-refractivity contribution is 6.30. The van der Waals surface area contributed by atoms with Crippen LogP contribution in [0.1, 0.15) is 0 Å². The Balaban J connectivity index is 2.07. The molecule has 3 aromatic rings. The molecule has 0 aliphatic rings. The molecule has 2 aromatic carbocycles. The lowest BCUT2D eigenvalue weighted by atomic mass is 10.1. The van der Waals surface area contributed by atoms with Crippen LogP contribution in [0.15, 0.2) is 54.6 Å². The van der Waals surface area contributed by atoms with Crippen LogP contribution in [0.2, 0.25) is 10.0 Å². The molecule has 9 heteroatoms. The number of aromatic nitrogens is 2. The van der Waals surface area contributed by atoms with Gasteiger partial charge in [-0.15, -0.1) is 5.10 Å². The van der Waals surface area contributed by atoms with Crippen molar-refractivity contribution < 1.29 is 18.0 Å². The van der Waals surface area contributed by atoms with E-state index in [2.05, 4.69) is 5.10 Å². The maximum atomic E-state index is 12.5. The Labute approximate surface area is 156 Å². The van der Waals surface area contributed by atoms with Gasteiger partial charge < -0.3 is 5.32 Å². The van der Waals surface area contributed by atoms with Crippen molar-refractivity contribution in [1.29, 1.82) is 0 Å². The van der Waals surface area contributed by atoms with Crippen LogP contribution in [0.25, 0.3) is 16.9 Å². The molecular formula is C17H10Cl2F3N3O. The van der Waals surface area contributed by atoms with Gasteiger partial charge in [0.25, 0.3) is 0 Å². The van der Waals surface area contributed by atoms with Gasteiger partial charge in [-0.1, -0.05) is 35.3 Å². The number of benzene rings is 2. The number of anilines is 1. The molecule has 0 saturated heterocycles. The quantitative estimate of drug-likeness (QED) is 0.645. The van der Waals surface area contributed by atoms with Crippen LogP contribution in [0, 0.1) is 0 Å². The van der Waals surface area contributed by atoms with Crippen LogP contribution in [0.3, 0.4) is 0 Å². The average Bonchev–Trinajstić information content (AvgIpc) is 2.99. The van der Waals surface area contributed by atoms with E-state index in [1.165, 1.54) is 10.7 Å². The van der Waals surface area contributed by atoms with Gasteiger partial charge in [-0.05, 0) is 36.4 Å². The van der Waals surface area contributed by atoms with Crippen molar-refractivity contribution >= 4 is 34.9 Å². The second kappa shape index (κ2) is 7.01. The third-order valence-electron chi connectivity index (χ3n) is 3.42. The Morgan fingerprint density at radius 2 is 1.50 bits per heavy atom. The second-order valence-corrected chi connectivity index (χ2v) is 6.13. The van der Waals surface area contributed by atoms with Gasteiger partial charge in [0.15, 0.2) is 5.82 Å². The summed E-state index contributed by atoms with van der Waals surface area (Å²) in [6, 6.07) is 14.6. The van der Waals surface area contributed by atoms with Crippen molar-refractivity contribution in [2.24, 2.45) is 0 Å². The van der Waals surface area contributed by atoms with Crippen molar-refractivity contribution in [2.45, 2.75) is 6.18 Å². The van der Waals surface area contributed by atoms with E-state index >= 15 is 0 Å². The normalized spacial score (nSPS) is 11.4. The number of carbonyl (C=O) groups is 1.